The molecule has 1 atom stereocenters. The van der Waals surface area contributed by atoms with Crippen molar-refractivity contribution in [3.05, 3.63) is 57.5 Å². The lowest BCUT2D eigenvalue weighted by Crippen LogP contribution is -2.31. The summed E-state index contributed by atoms with van der Waals surface area (Å²) >= 11 is 8.59. The number of fused-ring (bicyclic) bond motifs is 1. The highest BCUT2D eigenvalue weighted by Gasteiger charge is 2.21. The highest BCUT2D eigenvalue weighted by molar-refractivity contribution is 7.71. The molecule has 0 bridgehead atoms. The summed E-state index contributed by atoms with van der Waals surface area (Å²) in [6.07, 6.45) is 0. The molecule has 0 radical (unpaired) electrons. The standard InChI is InChI=1S/C18H16N4OS3/c1-11(22-16(20-21-18(22)24)15-7-4-8-25-15)17(23)19-9-12-10-26-14-6-3-2-5-13(12)14/h2-8,10-11H,9H2,1H3,(H,19,23)(H,21,24). The second-order valence-corrected chi connectivity index (χ2v) is 8.10. The summed E-state index contributed by atoms with van der Waals surface area (Å²) in [5.41, 5.74) is 1.13. The van der Waals surface area contributed by atoms with Crippen LogP contribution in [0.3, 0.4) is 0 Å². The summed E-state index contributed by atoms with van der Waals surface area (Å²) in [7, 11) is 0. The van der Waals surface area contributed by atoms with Gasteiger partial charge in [-0.05, 0) is 53.0 Å². The van der Waals surface area contributed by atoms with Gasteiger partial charge in [-0.15, -0.1) is 22.7 Å². The predicted molar refractivity (Wildman–Crippen MR) is 109 cm³/mol. The van der Waals surface area contributed by atoms with Crippen molar-refractivity contribution in [3.63, 3.8) is 0 Å². The number of hydrogen-bond donors (Lipinski definition) is 2. The number of amides is 1. The Labute approximate surface area is 163 Å². The Morgan fingerprint density at radius 2 is 2.15 bits per heavy atom. The van der Waals surface area contributed by atoms with Crippen molar-refractivity contribution >= 4 is 50.9 Å². The minimum absolute atomic E-state index is 0.0874. The van der Waals surface area contributed by atoms with E-state index in [1.807, 2.05) is 36.6 Å². The fourth-order valence-electron chi connectivity index (χ4n) is 2.86. The van der Waals surface area contributed by atoms with E-state index in [-0.39, 0.29) is 5.91 Å². The second kappa shape index (κ2) is 7.14. The Hall–Kier alpha value is -2.29. The number of aromatic amines is 1. The normalized spacial score (nSPS) is 12.3. The predicted octanol–water partition coefficient (Wildman–Crippen LogP) is 4.76. The average molecular weight is 401 g/mol. The third kappa shape index (κ3) is 3.11. The van der Waals surface area contributed by atoms with Gasteiger partial charge in [0.05, 0.1) is 4.88 Å². The van der Waals surface area contributed by atoms with E-state index in [0.717, 1.165) is 10.4 Å². The van der Waals surface area contributed by atoms with Crippen LogP contribution in [0, 0.1) is 4.77 Å². The molecule has 0 aliphatic carbocycles. The van der Waals surface area contributed by atoms with Crippen LogP contribution in [0.2, 0.25) is 0 Å². The smallest absolute Gasteiger partial charge is 0.243 e. The summed E-state index contributed by atoms with van der Waals surface area (Å²) in [4.78, 5) is 13.7. The lowest BCUT2D eigenvalue weighted by molar-refractivity contribution is -0.124. The molecule has 3 heterocycles. The lowest BCUT2D eigenvalue weighted by atomic mass is 10.2. The number of carbonyl (C=O) groups is 1. The van der Waals surface area contributed by atoms with E-state index in [1.165, 1.54) is 10.1 Å². The van der Waals surface area contributed by atoms with Crippen LogP contribution in [0.15, 0.2) is 47.2 Å². The van der Waals surface area contributed by atoms with Crippen LogP contribution in [0.25, 0.3) is 20.8 Å². The van der Waals surface area contributed by atoms with Gasteiger partial charge >= 0.3 is 0 Å². The quantitative estimate of drug-likeness (QED) is 0.475. The fraction of sp³-hybridized carbons (Fsp3) is 0.167. The molecule has 5 nitrogen and oxygen atoms in total. The first-order chi connectivity index (χ1) is 12.6. The molecule has 0 saturated heterocycles. The zero-order valence-electron chi connectivity index (χ0n) is 13.9. The summed E-state index contributed by atoms with van der Waals surface area (Å²) in [6, 6.07) is 11.7. The van der Waals surface area contributed by atoms with E-state index in [2.05, 4.69) is 33.0 Å². The highest BCUT2D eigenvalue weighted by Crippen LogP contribution is 2.27. The maximum Gasteiger partial charge on any atom is 0.243 e. The highest BCUT2D eigenvalue weighted by atomic mass is 32.1. The first-order valence-electron chi connectivity index (χ1n) is 8.09. The first kappa shape index (κ1) is 17.1. The Morgan fingerprint density at radius 3 is 2.96 bits per heavy atom. The van der Waals surface area contributed by atoms with Crippen molar-refractivity contribution in [1.29, 1.82) is 0 Å². The third-order valence-corrected chi connectivity index (χ3v) is 6.39. The molecule has 1 unspecified atom stereocenters. The minimum atomic E-state index is -0.455. The number of hydrogen-bond acceptors (Lipinski definition) is 5. The summed E-state index contributed by atoms with van der Waals surface area (Å²) in [5, 5.41) is 15.4. The van der Waals surface area contributed by atoms with Crippen LogP contribution in [0.4, 0.5) is 0 Å². The van der Waals surface area contributed by atoms with E-state index in [0.29, 0.717) is 17.1 Å². The number of nitrogens with zero attached hydrogens (tertiary/aromatic N) is 2. The fourth-order valence-corrected chi connectivity index (χ4v) is 4.82. The van der Waals surface area contributed by atoms with Gasteiger partial charge in [0.1, 0.15) is 6.04 Å². The Kier molecular flexibility index (Phi) is 4.71. The van der Waals surface area contributed by atoms with Crippen LogP contribution >= 0.6 is 34.9 Å². The van der Waals surface area contributed by atoms with E-state index >= 15 is 0 Å². The van der Waals surface area contributed by atoms with Gasteiger partial charge in [0.15, 0.2) is 10.6 Å². The SMILES string of the molecule is CC(C(=O)NCc1csc2ccccc12)n1c(-c2cccs2)n[nH]c1=S. The van der Waals surface area contributed by atoms with Crippen LogP contribution in [-0.4, -0.2) is 20.7 Å². The van der Waals surface area contributed by atoms with Gasteiger partial charge in [0, 0.05) is 11.2 Å². The minimum Gasteiger partial charge on any atom is -0.350 e. The van der Waals surface area contributed by atoms with E-state index in [4.69, 9.17) is 12.2 Å². The molecule has 26 heavy (non-hydrogen) atoms. The number of benzene rings is 1. The van der Waals surface area contributed by atoms with Crippen molar-refractivity contribution in [2.75, 3.05) is 0 Å². The van der Waals surface area contributed by atoms with Gasteiger partial charge in [-0.2, -0.15) is 5.10 Å². The van der Waals surface area contributed by atoms with Crippen molar-refractivity contribution in [3.8, 4) is 10.7 Å². The monoisotopic (exact) mass is 400 g/mol. The van der Waals surface area contributed by atoms with E-state index in [9.17, 15) is 4.79 Å². The Balaban J connectivity index is 1.54. The molecule has 0 saturated carbocycles. The molecule has 8 heteroatoms. The maximum absolute atomic E-state index is 12.7. The summed E-state index contributed by atoms with van der Waals surface area (Å²) in [6.45, 7) is 2.33. The first-order valence-corrected chi connectivity index (χ1v) is 10.3. The number of thiophene rings is 2. The summed E-state index contributed by atoms with van der Waals surface area (Å²) < 4.78 is 3.43. The molecule has 132 valence electrons. The molecule has 3 aromatic heterocycles. The molecule has 1 amide bonds. The zero-order valence-corrected chi connectivity index (χ0v) is 16.4. The number of nitrogens with one attached hydrogen (secondary N) is 2. The summed E-state index contributed by atoms with van der Waals surface area (Å²) in [5.74, 6) is 0.601. The largest absolute Gasteiger partial charge is 0.350 e. The second-order valence-electron chi connectivity index (χ2n) is 5.85. The number of aromatic nitrogens is 3. The van der Waals surface area contributed by atoms with Crippen LogP contribution in [0.5, 0.6) is 0 Å². The van der Waals surface area contributed by atoms with Crippen molar-refractivity contribution in [2.24, 2.45) is 0 Å². The number of rotatable bonds is 5. The molecule has 0 aliphatic rings. The molecule has 0 spiro atoms. The zero-order chi connectivity index (χ0) is 18.1. The van der Waals surface area contributed by atoms with Crippen molar-refractivity contribution < 1.29 is 4.79 Å². The van der Waals surface area contributed by atoms with Crippen molar-refractivity contribution in [2.45, 2.75) is 19.5 Å². The van der Waals surface area contributed by atoms with Gasteiger partial charge in [-0.25, -0.2) is 0 Å². The van der Waals surface area contributed by atoms with Crippen LogP contribution in [0.1, 0.15) is 18.5 Å². The molecule has 4 aromatic rings. The molecule has 2 N–H and O–H groups in total. The van der Waals surface area contributed by atoms with E-state index in [1.54, 1.807) is 27.2 Å². The Bertz CT molecular complexity index is 1110. The number of H-pyrrole nitrogens is 1. The molecular weight excluding hydrogens is 384 g/mol. The molecule has 1 aromatic carbocycles. The molecule has 0 fully saturated rings. The van der Waals surface area contributed by atoms with Gasteiger partial charge in [-0.1, -0.05) is 24.3 Å². The van der Waals surface area contributed by atoms with Gasteiger partial charge in [0.25, 0.3) is 0 Å². The molecular formula is C18H16N4OS3. The maximum atomic E-state index is 12.7. The van der Waals surface area contributed by atoms with Gasteiger partial charge in [0.2, 0.25) is 5.91 Å². The average Bonchev–Trinajstić information content (AvgIpc) is 3.38. The van der Waals surface area contributed by atoms with Crippen molar-refractivity contribution in [1.82, 2.24) is 20.1 Å². The van der Waals surface area contributed by atoms with Gasteiger partial charge < -0.3 is 5.32 Å². The topological polar surface area (TPSA) is 62.7 Å². The molecule has 4 rings (SSSR count). The molecule has 0 aliphatic heterocycles. The van der Waals surface area contributed by atoms with Gasteiger partial charge in [-0.3, -0.25) is 14.5 Å². The Morgan fingerprint density at radius 1 is 1.31 bits per heavy atom. The third-order valence-electron chi connectivity index (χ3n) is 4.23. The van der Waals surface area contributed by atoms with Crippen LogP contribution in [-0.2, 0) is 11.3 Å². The number of carbonyl (C=O) groups excluding carboxylic acids is 1. The lowest BCUT2D eigenvalue weighted by Gasteiger charge is -2.15. The van der Waals surface area contributed by atoms with Crippen LogP contribution < -0.4 is 5.32 Å². The van der Waals surface area contributed by atoms with E-state index < -0.39 is 6.04 Å².